The highest BCUT2D eigenvalue weighted by atomic mass is 16.5. The predicted octanol–water partition coefficient (Wildman–Crippen LogP) is 3.40. The maximum Gasteiger partial charge on any atom is 0.166 e. The summed E-state index contributed by atoms with van der Waals surface area (Å²) in [5.74, 6) is 0.527. The molecule has 1 aromatic rings. The van der Waals surface area contributed by atoms with Crippen molar-refractivity contribution in [2.24, 2.45) is 5.92 Å². The molecule has 2 bridgehead atoms. The smallest absolute Gasteiger partial charge is 0.166 e. The van der Waals surface area contributed by atoms with Crippen LogP contribution in [0.25, 0.3) is 6.08 Å². The number of carbonyl (C=O) groups excluding carboxylic acids is 1. The van der Waals surface area contributed by atoms with Crippen LogP contribution in [0.15, 0.2) is 24.3 Å². The molecule has 1 aromatic carbocycles. The monoisotopic (exact) mass is 254 g/mol. The molecule has 0 saturated carbocycles. The Morgan fingerprint density at radius 2 is 1.95 bits per heavy atom. The first-order chi connectivity index (χ1) is 9.31. The van der Waals surface area contributed by atoms with Gasteiger partial charge in [-0.1, -0.05) is 30.4 Å². The third-order valence-corrected chi connectivity index (χ3v) is 4.76. The van der Waals surface area contributed by atoms with Gasteiger partial charge in [-0.15, -0.1) is 0 Å². The Labute approximate surface area is 113 Å². The van der Waals surface area contributed by atoms with Crippen molar-refractivity contribution in [3.05, 3.63) is 41.0 Å². The summed E-state index contributed by atoms with van der Waals surface area (Å²) in [6.07, 6.45) is 9.98. The molecule has 4 rings (SSSR count). The van der Waals surface area contributed by atoms with Crippen LogP contribution in [0.1, 0.15) is 47.2 Å². The molecule has 2 heterocycles. The van der Waals surface area contributed by atoms with Gasteiger partial charge >= 0.3 is 0 Å². The van der Waals surface area contributed by atoms with Crippen LogP contribution >= 0.6 is 0 Å². The van der Waals surface area contributed by atoms with Crippen LogP contribution in [0.3, 0.4) is 0 Å². The molecule has 2 nitrogen and oxygen atoms in total. The molecule has 0 amide bonds. The van der Waals surface area contributed by atoms with Gasteiger partial charge in [-0.3, -0.25) is 4.79 Å². The summed E-state index contributed by atoms with van der Waals surface area (Å²) in [6, 6.07) is 6.12. The average molecular weight is 254 g/mol. The minimum atomic E-state index is 0.179. The fourth-order valence-corrected chi connectivity index (χ4v) is 3.81. The van der Waals surface area contributed by atoms with Crippen LogP contribution in [0.5, 0.6) is 0 Å². The molecule has 2 atom stereocenters. The Balaban J connectivity index is 1.63. The summed E-state index contributed by atoms with van der Waals surface area (Å²) in [5, 5.41) is 0. The van der Waals surface area contributed by atoms with Crippen molar-refractivity contribution in [1.29, 1.82) is 0 Å². The maximum atomic E-state index is 12.8. The highest BCUT2D eigenvalue weighted by Gasteiger charge is 2.38. The van der Waals surface area contributed by atoms with Crippen LogP contribution in [-0.4, -0.2) is 18.0 Å². The Hall–Kier alpha value is -1.41. The largest absolute Gasteiger partial charge is 0.375 e. The van der Waals surface area contributed by atoms with Crippen molar-refractivity contribution in [2.45, 2.75) is 44.3 Å². The van der Waals surface area contributed by atoms with Crippen LogP contribution in [-0.2, 0) is 11.2 Å². The standard InChI is InChI=1S/C17H18O2/c18-17(12-9-13-7-8-14(10-12)19-13)16-6-2-4-11-3-1-5-15(11)16/h1-4,6,12-14H,5,7-10H2. The summed E-state index contributed by atoms with van der Waals surface area (Å²) < 4.78 is 5.84. The van der Waals surface area contributed by atoms with E-state index < -0.39 is 0 Å². The van der Waals surface area contributed by atoms with Crippen molar-refractivity contribution in [1.82, 2.24) is 0 Å². The maximum absolute atomic E-state index is 12.8. The second-order valence-electron chi connectivity index (χ2n) is 5.97. The molecule has 0 radical (unpaired) electrons. The van der Waals surface area contributed by atoms with E-state index in [9.17, 15) is 4.79 Å². The first-order valence-electron chi connectivity index (χ1n) is 7.29. The van der Waals surface area contributed by atoms with Gasteiger partial charge in [0.15, 0.2) is 5.78 Å². The van der Waals surface area contributed by atoms with E-state index in [0.29, 0.717) is 18.0 Å². The van der Waals surface area contributed by atoms with Crippen LogP contribution in [0.4, 0.5) is 0 Å². The summed E-state index contributed by atoms with van der Waals surface area (Å²) in [7, 11) is 0. The Morgan fingerprint density at radius 1 is 1.16 bits per heavy atom. The molecule has 98 valence electrons. The van der Waals surface area contributed by atoms with E-state index in [2.05, 4.69) is 18.2 Å². The van der Waals surface area contributed by atoms with Crippen molar-refractivity contribution < 1.29 is 9.53 Å². The Morgan fingerprint density at radius 3 is 2.74 bits per heavy atom. The highest BCUT2D eigenvalue weighted by Crippen LogP contribution is 2.38. The van der Waals surface area contributed by atoms with E-state index in [4.69, 9.17) is 4.74 Å². The molecule has 0 aromatic heterocycles. The number of carbonyl (C=O) groups is 1. The quantitative estimate of drug-likeness (QED) is 0.756. The van der Waals surface area contributed by atoms with Gasteiger partial charge in [0, 0.05) is 11.5 Å². The van der Waals surface area contributed by atoms with Gasteiger partial charge in [-0.2, -0.15) is 0 Å². The second kappa shape index (κ2) is 4.31. The number of ketones is 1. The average Bonchev–Trinajstić information content (AvgIpc) is 3.04. The lowest BCUT2D eigenvalue weighted by atomic mass is 9.85. The number of hydrogen-bond acceptors (Lipinski definition) is 2. The van der Waals surface area contributed by atoms with Gasteiger partial charge in [-0.25, -0.2) is 0 Å². The van der Waals surface area contributed by atoms with Crippen molar-refractivity contribution >= 4 is 11.9 Å². The molecular weight excluding hydrogens is 236 g/mol. The fraction of sp³-hybridized carbons (Fsp3) is 0.471. The van der Waals surface area contributed by atoms with Crippen LogP contribution in [0.2, 0.25) is 0 Å². The summed E-state index contributed by atoms with van der Waals surface area (Å²) >= 11 is 0. The number of hydrogen-bond donors (Lipinski definition) is 0. The van der Waals surface area contributed by atoms with E-state index in [1.165, 1.54) is 11.1 Å². The Bertz CT molecular complexity index is 546. The zero-order valence-electron chi connectivity index (χ0n) is 11.0. The van der Waals surface area contributed by atoms with E-state index >= 15 is 0 Å². The minimum Gasteiger partial charge on any atom is -0.375 e. The lowest BCUT2D eigenvalue weighted by Crippen LogP contribution is -2.30. The van der Waals surface area contributed by atoms with Crippen LogP contribution < -0.4 is 0 Å². The third kappa shape index (κ3) is 1.86. The molecule has 2 aliphatic heterocycles. The van der Waals surface area contributed by atoms with Crippen molar-refractivity contribution in [3.8, 4) is 0 Å². The van der Waals surface area contributed by atoms with Crippen molar-refractivity contribution in [2.75, 3.05) is 0 Å². The normalized spacial score (nSPS) is 31.5. The minimum absolute atomic E-state index is 0.179. The number of ether oxygens (including phenoxy) is 1. The first kappa shape index (κ1) is 11.4. The number of fused-ring (bicyclic) bond motifs is 3. The van der Waals surface area contributed by atoms with E-state index in [1.807, 2.05) is 12.1 Å². The highest BCUT2D eigenvalue weighted by molar-refractivity contribution is 6.00. The zero-order chi connectivity index (χ0) is 12.8. The van der Waals surface area contributed by atoms with E-state index in [1.54, 1.807) is 0 Å². The van der Waals surface area contributed by atoms with Crippen LogP contribution in [0, 0.1) is 5.92 Å². The van der Waals surface area contributed by atoms with Gasteiger partial charge in [0.1, 0.15) is 0 Å². The molecule has 3 aliphatic rings. The summed E-state index contributed by atoms with van der Waals surface area (Å²) in [4.78, 5) is 12.8. The van der Waals surface area contributed by atoms with Gasteiger partial charge in [0.2, 0.25) is 0 Å². The van der Waals surface area contributed by atoms with Gasteiger partial charge < -0.3 is 4.74 Å². The Kier molecular flexibility index (Phi) is 2.59. The van der Waals surface area contributed by atoms with Gasteiger partial charge in [0.25, 0.3) is 0 Å². The molecule has 2 saturated heterocycles. The lowest BCUT2D eigenvalue weighted by Gasteiger charge is -2.27. The molecule has 2 unspecified atom stereocenters. The fourth-order valence-electron chi connectivity index (χ4n) is 3.81. The lowest BCUT2D eigenvalue weighted by molar-refractivity contribution is -0.0149. The first-order valence-corrected chi connectivity index (χ1v) is 7.29. The zero-order valence-corrected chi connectivity index (χ0v) is 11.0. The molecular formula is C17H18O2. The molecule has 1 aliphatic carbocycles. The molecule has 0 spiro atoms. The van der Waals surface area contributed by atoms with Gasteiger partial charge in [-0.05, 0) is 43.2 Å². The molecule has 0 N–H and O–H groups in total. The number of allylic oxidation sites excluding steroid dienone is 1. The third-order valence-electron chi connectivity index (χ3n) is 4.76. The number of rotatable bonds is 2. The van der Waals surface area contributed by atoms with Crippen molar-refractivity contribution in [3.63, 3.8) is 0 Å². The van der Waals surface area contributed by atoms with Gasteiger partial charge in [0.05, 0.1) is 12.2 Å². The number of benzene rings is 1. The molecule has 19 heavy (non-hydrogen) atoms. The van der Waals surface area contributed by atoms with E-state index in [-0.39, 0.29) is 5.92 Å². The summed E-state index contributed by atoms with van der Waals surface area (Å²) in [5.41, 5.74) is 3.40. The molecule has 2 heteroatoms. The SMILES string of the molecule is O=C(c1cccc2c1CC=C2)C1CC2CCC(C1)O2. The summed E-state index contributed by atoms with van der Waals surface area (Å²) in [6.45, 7) is 0. The number of Topliss-reactive ketones (excluding diaryl/α,β-unsaturated/α-hetero) is 1. The predicted molar refractivity (Wildman–Crippen MR) is 74.1 cm³/mol. The topological polar surface area (TPSA) is 26.3 Å². The molecule has 2 fully saturated rings. The second-order valence-corrected chi connectivity index (χ2v) is 5.97. The van der Waals surface area contributed by atoms with E-state index in [0.717, 1.165) is 37.7 Å².